The van der Waals surface area contributed by atoms with Gasteiger partial charge in [0.15, 0.2) is 0 Å². The lowest BCUT2D eigenvalue weighted by Gasteiger charge is -2.08. The van der Waals surface area contributed by atoms with Gasteiger partial charge in [0, 0.05) is 5.56 Å². The molecular formula is C13H13N3OS. The molecule has 0 atom stereocenters. The summed E-state index contributed by atoms with van der Waals surface area (Å²) in [6.45, 7) is 0.0621. The van der Waals surface area contributed by atoms with Crippen LogP contribution >= 0.6 is 10.9 Å². The highest BCUT2D eigenvalue weighted by molar-refractivity contribution is 8.22. The first-order chi connectivity index (χ1) is 8.88. The van der Waals surface area contributed by atoms with E-state index in [9.17, 15) is 0 Å². The van der Waals surface area contributed by atoms with E-state index in [4.69, 9.17) is 5.11 Å². The molecular weight excluding hydrogens is 246 g/mol. The fourth-order valence-electron chi connectivity index (χ4n) is 1.85. The molecule has 2 aromatic rings. The molecule has 0 bridgehead atoms. The highest BCUT2D eigenvalue weighted by Crippen LogP contribution is 2.44. The van der Waals surface area contributed by atoms with Crippen LogP contribution in [-0.4, -0.2) is 20.5 Å². The number of aromatic amines is 1. The van der Waals surface area contributed by atoms with Crippen LogP contribution in [0.1, 0.15) is 5.56 Å². The van der Waals surface area contributed by atoms with Crippen molar-refractivity contribution in [1.82, 2.24) is 15.4 Å². The molecule has 1 aliphatic rings. The minimum absolute atomic E-state index is 0.0621. The lowest BCUT2D eigenvalue weighted by atomic mass is 10.1. The molecule has 0 unspecified atom stereocenters. The van der Waals surface area contributed by atoms with Crippen molar-refractivity contribution in [3.63, 3.8) is 0 Å². The molecule has 2 heterocycles. The van der Waals surface area contributed by atoms with Crippen molar-refractivity contribution in [2.45, 2.75) is 11.6 Å². The maximum atomic E-state index is 9.04. The Morgan fingerprint density at radius 3 is 2.50 bits per heavy atom. The van der Waals surface area contributed by atoms with Crippen molar-refractivity contribution < 1.29 is 5.11 Å². The highest BCUT2D eigenvalue weighted by atomic mass is 32.2. The van der Waals surface area contributed by atoms with Gasteiger partial charge in [-0.2, -0.15) is 10.9 Å². The summed E-state index contributed by atoms with van der Waals surface area (Å²) in [5.74, 6) is 0. The maximum Gasteiger partial charge on any atom is 0.134 e. The third-order valence-corrected chi connectivity index (χ3v) is 4.59. The number of aromatic nitrogens is 3. The summed E-state index contributed by atoms with van der Waals surface area (Å²) in [4.78, 5) is 0. The molecule has 18 heavy (non-hydrogen) atoms. The number of hydrogen-bond acceptors (Lipinski definition) is 3. The molecule has 5 heteroatoms. The molecule has 2 N–H and O–H groups in total. The second kappa shape index (κ2) is 4.80. The van der Waals surface area contributed by atoms with Crippen molar-refractivity contribution in [3.05, 3.63) is 52.8 Å². The van der Waals surface area contributed by atoms with Crippen LogP contribution in [0.4, 0.5) is 0 Å². The van der Waals surface area contributed by atoms with Crippen molar-refractivity contribution in [2.24, 2.45) is 0 Å². The SMILES string of the molecule is OCc1ccc(-c2[nH]nnc2[SH]2C=CC=C2)cc1. The second-order valence-electron chi connectivity index (χ2n) is 3.96. The molecule has 0 saturated heterocycles. The first-order valence-electron chi connectivity index (χ1n) is 5.63. The topological polar surface area (TPSA) is 61.8 Å². The van der Waals surface area contributed by atoms with Gasteiger partial charge in [0.05, 0.1) is 12.3 Å². The van der Waals surface area contributed by atoms with Crippen LogP contribution in [0.25, 0.3) is 11.3 Å². The van der Waals surface area contributed by atoms with E-state index >= 15 is 0 Å². The Hall–Kier alpha value is -1.85. The molecule has 3 rings (SSSR count). The summed E-state index contributed by atoms with van der Waals surface area (Å²) < 4.78 is 0. The summed E-state index contributed by atoms with van der Waals surface area (Å²) in [5.41, 5.74) is 2.91. The van der Waals surface area contributed by atoms with Crippen molar-refractivity contribution >= 4 is 10.9 Å². The van der Waals surface area contributed by atoms with E-state index in [0.29, 0.717) is 0 Å². The molecule has 0 spiro atoms. The summed E-state index contributed by atoms with van der Waals surface area (Å²) in [7, 11) is -0.474. The maximum absolute atomic E-state index is 9.04. The largest absolute Gasteiger partial charge is 0.392 e. The zero-order valence-electron chi connectivity index (χ0n) is 9.61. The first kappa shape index (κ1) is 11.3. The fourth-order valence-corrected chi connectivity index (χ4v) is 3.39. The number of rotatable bonds is 3. The Morgan fingerprint density at radius 2 is 1.83 bits per heavy atom. The summed E-state index contributed by atoms with van der Waals surface area (Å²) in [6.07, 6.45) is 4.08. The molecule has 1 aliphatic heterocycles. The first-order valence-corrected chi connectivity index (χ1v) is 7.11. The van der Waals surface area contributed by atoms with Crippen LogP contribution in [0.3, 0.4) is 0 Å². The van der Waals surface area contributed by atoms with Gasteiger partial charge in [0.1, 0.15) is 5.03 Å². The van der Waals surface area contributed by atoms with Crippen LogP contribution < -0.4 is 0 Å². The van der Waals surface area contributed by atoms with Crippen LogP contribution in [-0.2, 0) is 6.61 Å². The number of nitrogens with zero attached hydrogens (tertiary/aromatic N) is 2. The number of nitrogens with one attached hydrogen (secondary N) is 1. The number of H-pyrrole nitrogens is 1. The van der Waals surface area contributed by atoms with E-state index < -0.39 is 10.9 Å². The number of benzene rings is 1. The Bertz CT molecular complexity index is 589. The normalized spacial score (nSPS) is 15.5. The second-order valence-corrected chi connectivity index (χ2v) is 5.79. The number of allylic oxidation sites excluding steroid dienone is 2. The van der Waals surface area contributed by atoms with Gasteiger partial charge < -0.3 is 5.11 Å². The molecule has 4 nitrogen and oxygen atoms in total. The average molecular weight is 259 g/mol. The van der Waals surface area contributed by atoms with E-state index in [1.807, 2.05) is 36.4 Å². The average Bonchev–Trinajstić information content (AvgIpc) is 3.09. The van der Waals surface area contributed by atoms with E-state index in [2.05, 4.69) is 26.2 Å². The molecule has 1 aromatic heterocycles. The molecule has 0 amide bonds. The Balaban J connectivity index is 1.98. The van der Waals surface area contributed by atoms with Gasteiger partial charge in [-0.25, -0.2) is 0 Å². The van der Waals surface area contributed by atoms with E-state index in [1.54, 1.807) is 0 Å². The molecule has 0 saturated carbocycles. The number of hydrogen-bond donors (Lipinski definition) is 3. The smallest absolute Gasteiger partial charge is 0.134 e. The molecule has 0 fully saturated rings. The van der Waals surface area contributed by atoms with Crippen LogP contribution in [0.15, 0.2) is 52.3 Å². The van der Waals surface area contributed by atoms with E-state index in [0.717, 1.165) is 21.8 Å². The van der Waals surface area contributed by atoms with Crippen LogP contribution in [0.5, 0.6) is 0 Å². The number of thiol groups is 1. The van der Waals surface area contributed by atoms with Crippen molar-refractivity contribution in [1.29, 1.82) is 0 Å². The monoisotopic (exact) mass is 259 g/mol. The Labute approximate surface area is 107 Å². The van der Waals surface area contributed by atoms with Gasteiger partial charge >= 0.3 is 0 Å². The third kappa shape index (κ3) is 1.98. The van der Waals surface area contributed by atoms with E-state index in [1.165, 1.54) is 0 Å². The Morgan fingerprint density at radius 1 is 1.11 bits per heavy atom. The van der Waals surface area contributed by atoms with Crippen molar-refractivity contribution in [3.8, 4) is 11.3 Å². The zero-order valence-corrected chi connectivity index (χ0v) is 10.5. The molecule has 0 radical (unpaired) electrons. The minimum atomic E-state index is -0.474. The third-order valence-electron chi connectivity index (χ3n) is 2.80. The number of aliphatic hydroxyl groups is 1. The fraction of sp³-hybridized carbons (Fsp3) is 0.0769. The lowest BCUT2D eigenvalue weighted by Crippen LogP contribution is -1.86. The Kier molecular flexibility index (Phi) is 3.00. The van der Waals surface area contributed by atoms with Crippen LogP contribution in [0, 0.1) is 0 Å². The molecule has 0 aliphatic carbocycles. The van der Waals surface area contributed by atoms with Crippen molar-refractivity contribution in [2.75, 3.05) is 0 Å². The summed E-state index contributed by atoms with van der Waals surface area (Å²) >= 11 is 0. The lowest BCUT2D eigenvalue weighted by molar-refractivity contribution is 0.282. The predicted octanol–water partition coefficient (Wildman–Crippen LogP) is 2.37. The summed E-state index contributed by atoms with van der Waals surface area (Å²) in [5, 5.41) is 25.4. The predicted molar refractivity (Wildman–Crippen MR) is 73.3 cm³/mol. The minimum Gasteiger partial charge on any atom is -0.392 e. The van der Waals surface area contributed by atoms with E-state index in [-0.39, 0.29) is 6.61 Å². The quantitative estimate of drug-likeness (QED) is 0.742. The van der Waals surface area contributed by atoms with Gasteiger partial charge in [-0.1, -0.05) is 41.6 Å². The van der Waals surface area contributed by atoms with Gasteiger partial charge in [0.2, 0.25) is 0 Å². The molecule has 92 valence electrons. The highest BCUT2D eigenvalue weighted by Gasteiger charge is 2.14. The van der Waals surface area contributed by atoms with Crippen LogP contribution in [0.2, 0.25) is 0 Å². The van der Waals surface area contributed by atoms with Gasteiger partial charge in [-0.15, -0.1) is 5.10 Å². The van der Waals surface area contributed by atoms with Gasteiger partial charge in [0.25, 0.3) is 0 Å². The number of aliphatic hydroxyl groups excluding tert-OH is 1. The standard InChI is InChI=1S/C13H13N3OS/c17-9-10-3-5-11(6-4-10)12-13(15-16-14-12)18-7-1-2-8-18/h1-8,17-18H,9H2,(H,14,15,16). The zero-order chi connectivity index (χ0) is 12.4. The molecule has 1 aromatic carbocycles. The van der Waals surface area contributed by atoms with Gasteiger partial charge in [-0.05, 0) is 16.4 Å². The van der Waals surface area contributed by atoms with Gasteiger partial charge in [-0.3, -0.25) is 5.10 Å². The summed E-state index contributed by atoms with van der Waals surface area (Å²) in [6, 6.07) is 7.77.